The maximum atomic E-state index is 16.0. The fourth-order valence-electron chi connectivity index (χ4n) is 6.51. The van der Waals surface area contributed by atoms with Crippen LogP contribution in [0.5, 0.6) is 5.75 Å². The van der Waals surface area contributed by atoms with Crippen molar-refractivity contribution in [1.29, 1.82) is 0 Å². The first-order valence-corrected chi connectivity index (χ1v) is 18.3. The molecule has 48 heavy (non-hydrogen) atoms. The van der Waals surface area contributed by atoms with Crippen LogP contribution >= 0.6 is 11.6 Å². The highest BCUT2D eigenvalue weighted by Crippen LogP contribution is 2.38. The van der Waals surface area contributed by atoms with Gasteiger partial charge in [-0.15, -0.1) is 0 Å². The minimum atomic E-state index is -3.52. The van der Waals surface area contributed by atoms with E-state index in [1.54, 1.807) is 48.5 Å². The molecule has 1 N–H and O–H groups in total. The zero-order valence-electron chi connectivity index (χ0n) is 26.8. The smallest absolute Gasteiger partial charge is 0.335 e. The molecule has 0 spiro atoms. The van der Waals surface area contributed by atoms with Gasteiger partial charge < -0.3 is 14.4 Å². The van der Waals surface area contributed by atoms with E-state index >= 15 is 4.39 Å². The largest absolute Gasteiger partial charge is 0.489 e. The van der Waals surface area contributed by atoms with Gasteiger partial charge in [-0.1, -0.05) is 56.0 Å². The second-order valence-corrected chi connectivity index (χ2v) is 14.6. The molecular formula is C37H37ClFN3O5S. The molecule has 1 fully saturated rings. The summed E-state index contributed by atoms with van der Waals surface area (Å²) in [6.07, 6.45) is 6.97. The number of fused-ring (bicyclic) bond motifs is 1. The topological polar surface area (TPSA) is 102 Å². The molecule has 6 rings (SSSR count). The lowest BCUT2D eigenvalue weighted by Crippen LogP contribution is -2.30. The average molecular weight is 690 g/mol. The third-order valence-electron chi connectivity index (χ3n) is 8.81. The number of anilines is 1. The molecular weight excluding hydrogens is 653 g/mol. The van der Waals surface area contributed by atoms with Crippen LogP contribution in [0.4, 0.5) is 10.1 Å². The highest BCUT2D eigenvalue weighted by atomic mass is 35.5. The van der Waals surface area contributed by atoms with Gasteiger partial charge >= 0.3 is 5.97 Å². The number of carboxylic acids is 1. The van der Waals surface area contributed by atoms with Crippen LogP contribution in [0.2, 0.25) is 5.02 Å². The number of aromatic carboxylic acids is 1. The number of halogens is 2. The van der Waals surface area contributed by atoms with Crippen molar-refractivity contribution in [2.24, 2.45) is 0 Å². The maximum Gasteiger partial charge on any atom is 0.335 e. The monoisotopic (exact) mass is 689 g/mol. The van der Waals surface area contributed by atoms with Crippen molar-refractivity contribution in [3.63, 3.8) is 0 Å². The zero-order chi connectivity index (χ0) is 34.0. The lowest BCUT2D eigenvalue weighted by Gasteiger charge is -2.26. The molecule has 1 aliphatic rings. The van der Waals surface area contributed by atoms with E-state index in [4.69, 9.17) is 21.3 Å². The molecule has 0 radical (unpaired) electrons. The molecule has 0 unspecified atom stereocenters. The summed E-state index contributed by atoms with van der Waals surface area (Å²) in [7, 11) is -3.52. The Labute approximate surface area is 284 Å². The predicted octanol–water partition coefficient (Wildman–Crippen LogP) is 9.12. The Kier molecular flexibility index (Phi) is 9.75. The van der Waals surface area contributed by atoms with Gasteiger partial charge in [0.2, 0.25) is 10.0 Å². The molecule has 5 aromatic rings. The number of benzene rings is 4. The van der Waals surface area contributed by atoms with Crippen LogP contribution < -0.4 is 9.04 Å². The summed E-state index contributed by atoms with van der Waals surface area (Å²) < 4.78 is 50.8. The summed E-state index contributed by atoms with van der Waals surface area (Å²) in [5, 5.41) is 10.1. The Balaban J connectivity index is 1.35. The summed E-state index contributed by atoms with van der Waals surface area (Å²) in [6.45, 7) is 2.29. The fourth-order valence-corrected chi connectivity index (χ4v) is 7.65. The molecule has 11 heteroatoms. The normalized spacial score (nSPS) is 13.9. The molecule has 0 bridgehead atoms. The number of sulfonamides is 1. The average Bonchev–Trinajstić information content (AvgIpc) is 3.45. The van der Waals surface area contributed by atoms with Gasteiger partial charge in [0.05, 0.1) is 34.1 Å². The number of nitrogens with zero attached hydrogens (tertiary/aromatic N) is 3. The molecule has 0 saturated heterocycles. The first-order valence-electron chi connectivity index (χ1n) is 16.1. The van der Waals surface area contributed by atoms with E-state index in [-0.39, 0.29) is 18.2 Å². The third kappa shape index (κ3) is 7.05. The van der Waals surface area contributed by atoms with E-state index in [1.807, 2.05) is 25.1 Å². The van der Waals surface area contributed by atoms with Crippen LogP contribution in [0.25, 0.3) is 33.5 Å². The SMILES string of the molecule is CCCN(c1ccc(-c2ccc(Cl)cc2)c(COc2ccc(-c3nc4cc(C(=O)O)ccc4n3C3CCCCC3)c(F)c2)c1)S(C)(=O)=O. The van der Waals surface area contributed by atoms with Crippen molar-refractivity contribution in [2.75, 3.05) is 17.1 Å². The summed E-state index contributed by atoms with van der Waals surface area (Å²) >= 11 is 6.14. The predicted molar refractivity (Wildman–Crippen MR) is 188 cm³/mol. The molecule has 8 nitrogen and oxygen atoms in total. The van der Waals surface area contributed by atoms with Crippen LogP contribution in [0.15, 0.2) is 78.9 Å². The van der Waals surface area contributed by atoms with Gasteiger partial charge in [-0.2, -0.15) is 0 Å². The third-order valence-corrected chi connectivity index (χ3v) is 10.3. The van der Waals surface area contributed by atoms with E-state index in [0.29, 0.717) is 46.3 Å². The molecule has 4 aromatic carbocycles. The first-order chi connectivity index (χ1) is 23.0. The number of imidazole rings is 1. The number of ether oxygens (including phenoxy) is 1. The Morgan fingerprint density at radius 1 is 1.00 bits per heavy atom. The van der Waals surface area contributed by atoms with Crippen molar-refractivity contribution in [3.05, 3.63) is 101 Å². The maximum absolute atomic E-state index is 16.0. The molecule has 0 amide bonds. The van der Waals surface area contributed by atoms with Crippen LogP contribution in [-0.4, -0.2) is 41.8 Å². The van der Waals surface area contributed by atoms with E-state index in [9.17, 15) is 18.3 Å². The van der Waals surface area contributed by atoms with Crippen molar-refractivity contribution in [2.45, 2.75) is 58.1 Å². The molecule has 1 aliphatic carbocycles. The quantitative estimate of drug-likeness (QED) is 0.148. The van der Waals surface area contributed by atoms with Crippen molar-refractivity contribution < 1.29 is 27.4 Å². The van der Waals surface area contributed by atoms with Crippen LogP contribution in [-0.2, 0) is 16.6 Å². The zero-order valence-corrected chi connectivity index (χ0v) is 28.4. The summed E-state index contributed by atoms with van der Waals surface area (Å²) in [6, 6.07) is 22.4. The van der Waals surface area contributed by atoms with E-state index in [2.05, 4.69) is 4.57 Å². The van der Waals surface area contributed by atoms with Crippen LogP contribution in [0.3, 0.4) is 0 Å². The van der Waals surface area contributed by atoms with E-state index < -0.39 is 21.8 Å². The molecule has 0 atom stereocenters. The fraction of sp³-hybridized carbons (Fsp3) is 0.297. The summed E-state index contributed by atoms with van der Waals surface area (Å²) in [4.78, 5) is 16.4. The first kappa shape index (κ1) is 33.5. The summed E-state index contributed by atoms with van der Waals surface area (Å²) in [5.74, 6) is -0.808. The number of rotatable bonds is 11. The second-order valence-electron chi connectivity index (χ2n) is 12.2. The molecule has 0 aliphatic heterocycles. The van der Waals surface area contributed by atoms with Gasteiger partial charge in [-0.05, 0) is 90.6 Å². The van der Waals surface area contributed by atoms with Crippen molar-refractivity contribution in [1.82, 2.24) is 9.55 Å². The second kappa shape index (κ2) is 14.0. The Morgan fingerprint density at radius 2 is 1.73 bits per heavy atom. The van der Waals surface area contributed by atoms with Crippen molar-refractivity contribution in [3.8, 4) is 28.3 Å². The van der Waals surface area contributed by atoms with Gasteiger partial charge in [-0.3, -0.25) is 4.31 Å². The van der Waals surface area contributed by atoms with Gasteiger partial charge in [0.15, 0.2) is 0 Å². The number of aromatic nitrogens is 2. The number of hydrogen-bond acceptors (Lipinski definition) is 5. The van der Waals surface area contributed by atoms with Crippen LogP contribution in [0, 0.1) is 5.82 Å². The van der Waals surface area contributed by atoms with E-state index in [1.165, 1.54) is 22.7 Å². The number of hydrogen-bond donors (Lipinski definition) is 1. The minimum Gasteiger partial charge on any atom is -0.489 e. The lowest BCUT2D eigenvalue weighted by molar-refractivity contribution is 0.0697. The Hall–Kier alpha value is -4.41. The Morgan fingerprint density at radius 3 is 2.40 bits per heavy atom. The number of carboxylic acid groups (broad SMARTS) is 1. The van der Waals surface area contributed by atoms with Gasteiger partial charge in [0.1, 0.15) is 24.0 Å². The van der Waals surface area contributed by atoms with Crippen LogP contribution in [0.1, 0.15) is 67.4 Å². The molecule has 1 heterocycles. The standard InChI is InChI=1S/C37H37ClFN3O5S/c1-3-19-41(48(2,45)46)29-14-16-31(24-9-12-27(38)13-10-24)26(20-29)23-47-30-15-17-32(33(39)22-30)36-40-34-21-25(37(43)44)11-18-35(34)42(36)28-7-5-4-6-8-28/h9-18,20-22,28H,3-8,19,23H2,1-2H3,(H,43,44). The molecule has 250 valence electrons. The van der Waals surface area contributed by atoms with Gasteiger partial charge in [0, 0.05) is 23.7 Å². The molecule has 1 aromatic heterocycles. The highest BCUT2D eigenvalue weighted by molar-refractivity contribution is 7.92. The summed E-state index contributed by atoms with van der Waals surface area (Å²) in [5.41, 5.74) is 4.66. The van der Waals surface area contributed by atoms with E-state index in [0.717, 1.165) is 54.3 Å². The highest BCUT2D eigenvalue weighted by Gasteiger charge is 2.25. The minimum absolute atomic E-state index is 0.0485. The Bertz CT molecular complexity index is 2080. The van der Waals surface area contributed by atoms with Gasteiger partial charge in [0.25, 0.3) is 0 Å². The van der Waals surface area contributed by atoms with Crippen molar-refractivity contribution >= 4 is 44.3 Å². The van der Waals surface area contributed by atoms with Gasteiger partial charge in [-0.25, -0.2) is 22.6 Å². The molecule has 1 saturated carbocycles. The lowest BCUT2D eigenvalue weighted by atomic mass is 9.94. The number of carbonyl (C=O) groups is 1.